The summed E-state index contributed by atoms with van der Waals surface area (Å²) < 4.78 is 19.1. The molecule has 0 spiro atoms. The van der Waals surface area contributed by atoms with Gasteiger partial charge in [-0.05, 0) is 30.7 Å². The van der Waals surface area contributed by atoms with Crippen molar-refractivity contribution >= 4 is 35.8 Å². The van der Waals surface area contributed by atoms with Crippen molar-refractivity contribution < 1.29 is 8.81 Å². The number of nitrogens with zero attached hydrogens (tertiary/aromatic N) is 3. The summed E-state index contributed by atoms with van der Waals surface area (Å²) in [6.45, 7) is 2.21. The minimum absolute atomic E-state index is 0. The molecule has 2 aromatic heterocycles. The zero-order valence-electron chi connectivity index (χ0n) is 14.1. The average molecular weight is 459 g/mol. The molecule has 0 amide bonds. The standard InChI is InChI=1S/C17H22FN5O.HI/c1-19-17(21-9-6-14-4-3-11-24-14)22-13-7-10-23(12-13)16-15(18)5-2-8-20-16;/h2-5,8,11,13H,6-7,9-10,12H2,1H3,(H2,19,21,22);1H. The first kappa shape index (κ1) is 19.5. The molecule has 0 aliphatic carbocycles. The van der Waals surface area contributed by atoms with Crippen LogP contribution in [-0.4, -0.2) is 43.7 Å². The van der Waals surface area contributed by atoms with Crippen molar-refractivity contribution in [1.82, 2.24) is 15.6 Å². The SMILES string of the molecule is CN=C(NCCc1ccco1)NC1CCN(c2ncccc2F)C1.I. The van der Waals surface area contributed by atoms with Crippen LogP contribution in [0.25, 0.3) is 0 Å². The molecule has 25 heavy (non-hydrogen) atoms. The maximum absolute atomic E-state index is 13.8. The second kappa shape index (κ2) is 9.59. The monoisotopic (exact) mass is 459 g/mol. The second-order valence-electron chi connectivity index (χ2n) is 5.71. The molecule has 0 radical (unpaired) electrons. The van der Waals surface area contributed by atoms with E-state index >= 15 is 0 Å². The molecule has 0 bridgehead atoms. The molecule has 1 aliphatic heterocycles. The molecule has 2 aromatic rings. The molecule has 8 heteroatoms. The van der Waals surface area contributed by atoms with Crippen LogP contribution in [0.3, 0.4) is 0 Å². The van der Waals surface area contributed by atoms with E-state index in [2.05, 4.69) is 20.6 Å². The van der Waals surface area contributed by atoms with Crippen LogP contribution in [0.15, 0.2) is 46.1 Å². The fourth-order valence-corrected chi connectivity index (χ4v) is 2.83. The van der Waals surface area contributed by atoms with Crippen molar-refractivity contribution in [2.45, 2.75) is 18.9 Å². The molecule has 1 saturated heterocycles. The summed E-state index contributed by atoms with van der Waals surface area (Å²) in [5.41, 5.74) is 0. The lowest BCUT2D eigenvalue weighted by molar-refractivity contribution is 0.506. The van der Waals surface area contributed by atoms with Gasteiger partial charge in [0.15, 0.2) is 17.6 Å². The third kappa shape index (κ3) is 5.32. The van der Waals surface area contributed by atoms with Crippen LogP contribution in [0.2, 0.25) is 0 Å². The number of hydrogen-bond acceptors (Lipinski definition) is 4. The van der Waals surface area contributed by atoms with Crippen LogP contribution in [0, 0.1) is 5.82 Å². The first-order valence-corrected chi connectivity index (χ1v) is 8.11. The van der Waals surface area contributed by atoms with E-state index in [9.17, 15) is 4.39 Å². The van der Waals surface area contributed by atoms with Gasteiger partial charge >= 0.3 is 0 Å². The number of anilines is 1. The van der Waals surface area contributed by atoms with Gasteiger partial charge in [0.2, 0.25) is 0 Å². The van der Waals surface area contributed by atoms with Gasteiger partial charge in [-0.1, -0.05) is 0 Å². The number of hydrogen-bond donors (Lipinski definition) is 2. The van der Waals surface area contributed by atoms with Crippen LogP contribution >= 0.6 is 24.0 Å². The number of aliphatic imine (C=N–C) groups is 1. The first-order chi connectivity index (χ1) is 11.8. The Morgan fingerprint density at radius 1 is 1.44 bits per heavy atom. The highest BCUT2D eigenvalue weighted by Crippen LogP contribution is 2.20. The molecule has 0 aromatic carbocycles. The molecule has 3 rings (SSSR count). The Hall–Kier alpha value is -1.84. The van der Waals surface area contributed by atoms with Gasteiger partial charge in [-0.2, -0.15) is 0 Å². The van der Waals surface area contributed by atoms with Gasteiger partial charge in [-0.15, -0.1) is 24.0 Å². The predicted molar refractivity (Wildman–Crippen MR) is 107 cm³/mol. The van der Waals surface area contributed by atoms with E-state index < -0.39 is 0 Å². The third-order valence-electron chi connectivity index (χ3n) is 4.04. The molecule has 0 saturated carbocycles. The molecule has 1 fully saturated rings. The van der Waals surface area contributed by atoms with Gasteiger partial charge < -0.3 is 20.0 Å². The Bertz CT molecular complexity index is 679. The molecule has 3 heterocycles. The molecular weight excluding hydrogens is 436 g/mol. The Balaban J connectivity index is 0.00000225. The van der Waals surface area contributed by atoms with E-state index in [0.29, 0.717) is 12.4 Å². The Labute approximate surface area is 163 Å². The van der Waals surface area contributed by atoms with Crippen molar-refractivity contribution in [3.05, 3.63) is 48.3 Å². The first-order valence-electron chi connectivity index (χ1n) is 8.11. The number of pyridine rings is 1. The predicted octanol–water partition coefficient (Wildman–Crippen LogP) is 2.42. The Kier molecular flexibility index (Phi) is 7.48. The summed E-state index contributed by atoms with van der Waals surface area (Å²) in [6, 6.07) is 7.09. The van der Waals surface area contributed by atoms with Crippen LogP contribution in [0.4, 0.5) is 10.2 Å². The molecule has 1 aliphatic rings. The van der Waals surface area contributed by atoms with E-state index in [1.807, 2.05) is 17.0 Å². The molecule has 1 atom stereocenters. The highest BCUT2D eigenvalue weighted by atomic mass is 127. The molecule has 1 unspecified atom stereocenters. The summed E-state index contributed by atoms with van der Waals surface area (Å²) in [7, 11) is 1.74. The van der Waals surface area contributed by atoms with Crippen LogP contribution in [0.5, 0.6) is 0 Å². The normalized spacial score (nSPS) is 17.3. The minimum atomic E-state index is -0.279. The summed E-state index contributed by atoms with van der Waals surface area (Å²) in [5, 5.41) is 6.65. The van der Waals surface area contributed by atoms with Crippen LogP contribution < -0.4 is 15.5 Å². The quantitative estimate of drug-likeness (QED) is 0.409. The number of aromatic nitrogens is 1. The minimum Gasteiger partial charge on any atom is -0.469 e. The molecule has 2 N–H and O–H groups in total. The molecule has 136 valence electrons. The van der Waals surface area contributed by atoms with Gasteiger partial charge in [0.1, 0.15) is 5.76 Å². The summed E-state index contributed by atoms with van der Waals surface area (Å²) in [6.07, 6.45) is 5.00. The van der Waals surface area contributed by atoms with Gasteiger partial charge in [-0.25, -0.2) is 9.37 Å². The highest BCUT2D eigenvalue weighted by Gasteiger charge is 2.25. The maximum atomic E-state index is 13.8. The number of halogens is 2. The lowest BCUT2D eigenvalue weighted by Gasteiger charge is -2.19. The highest BCUT2D eigenvalue weighted by molar-refractivity contribution is 14.0. The maximum Gasteiger partial charge on any atom is 0.191 e. The topological polar surface area (TPSA) is 65.7 Å². The molecule has 6 nitrogen and oxygen atoms in total. The van der Waals surface area contributed by atoms with Crippen molar-refractivity contribution in [1.29, 1.82) is 0 Å². The van der Waals surface area contributed by atoms with Gasteiger partial charge in [0, 0.05) is 45.3 Å². The second-order valence-corrected chi connectivity index (χ2v) is 5.71. The Morgan fingerprint density at radius 2 is 2.32 bits per heavy atom. The number of guanidine groups is 1. The number of rotatable bonds is 5. The van der Waals surface area contributed by atoms with Gasteiger partial charge in [0.05, 0.1) is 6.26 Å². The lowest BCUT2D eigenvalue weighted by Crippen LogP contribution is -2.45. The van der Waals surface area contributed by atoms with Crippen molar-refractivity contribution in [3.8, 4) is 0 Å². The zero-order chi connectivity index (χ0) is 16.8. The largest absolute Gasteiger partial charge is 0.469 e. The summed E-state index contributed by atoms with van der Waals surface area (Å²) in [5.74, 6) is 1.83. The van der Waals surface area contributed by atoms with Crippen molar-refractivity contribution in [2.75, 3.05) is 31.6 Å². The van der Waals surface area contributed by atoms with E-state index in [4.69, 9.17) is 4.42 Å². The van der Waals surface area contributed by atoms with Crippen LogP contribution in [0.1, 0.15) is 12.2 Å². The third-order valence-corrected chi connectivity index (χ3v) is 4.04. The van der Waals surface area contributed by atoms with Gasteiger partial charge in [-0.3, -0.25) is 4.99 Å². The summed E-state index contributed by atoms with van der Waals surface area (Å²) >= 11 is 0. The van der Waals surface area contributed by atoms with Crippen molar-refractivity contribution in [3.63, 3.8) is 0 Å². The fourth-order valence-electron chi connectivity index (χ4n) is 2.83. The lowest BCUT2D eigenvalue weighted by atomic mass is 10.3. The van der Waals surface area contributed by atoms with Gasteiger partial charge in [0.25, 0.3) is 0 Å². The summed E-state index contributed by atoms with van der Waals surface area (Å²) in [4.78, 5) is 10.3. The van der Waals surface area contributed by atoms with Crippen molar-refractivity contribution in [2.24, 2.45) is 4.99 Å². The molecular formula is C17H23FIN5O. The van der Waals surface area contributed by atoms with E-state index in [-0.39, 0.29) is 35.8 Å². The van der Waals surface area contributed by atoms with E-state index in [0.717, 1.165) is 37.7 Å². The van der Waals surface area contributed by atoms with Crippen LogP contribution in [-0.2, 0) is 6.42 Å². The number of furan rings is 1. The Morgan fingerprint density at radius 3 is 3.04 bits per heavy atom. The fraction of sp³-hybridized carbons (Fsp3) is 0.412. The smallest absolute Gasteiger partial charge is 0.191 e. The zero-order valence-corrected chi connectivity index (χ0v) is 16.4. The van der Waals surface area contributed by atoms with E-state index in [1.54, 1.807) is 25.6 Å². The average Bonchev–Trinajstić information content (AvgIpc) is 3.26. The van der Waals surface area contributed by atoms with E-state index in [1.165, 1.54) is 6.07 Å². The number of nitrogens with one attached hydrogen (secondary N) is 2.